The maximum absolute atomic E-state index is 12.2. The third kappa shape index (κ3) is 3.28. The van der Waals surface area contributed by atoms with Crippen LogP contribution in [0, 0.1) is 5.92 Å². The summed E-state index contributed by atoms with van der Waals surface area (Å²) < 4.78 is 26.9. The van der Waals surface area contributed by atoms with Crippen LogP contribution in [0.25, 0.3) is 0 Å². The lowest BCUT2D eigenvalue weighted by atomic mass is 10.1. The summed E-state index contributed by atoms with van der Waals surface area (Å²) in [6, 6.07) is 7.49. The summed E-state index contributed by atoms with van der Waals surface area (Å²) in [6.07, 6.45) is 3.53. The minimum Gasteiger partial charge on any atom is -0.381 e. The predicted molar refractivity (Wildman–Crippen MR) is 77.7 cm³/mol. The van der Waals surface area contributed by atoms with Crippen LogP contribution in [0.15, 0.2) is 29.2 Å². The molecular weight excluding hydrogens is 260 g/mol. The number of hydrogen-bond acceptors (Lipinski definition) is 3. The average Bonchev–Trinajstić information content (AvgIpc) is 2.75. The topological polar surface area (TPSA) is 58.2 Å². The van der Waals surface area contributed by atoms with Crippen LogP contribution in [-0.2, 0) is 10.0 Å². The van der Waals surface area contributed by atoms with Crippen LogP contribution < -0.4 is 10.0 Å². The summed E-state index contributed by atoms with van der Waals surface area (Å²) >= 11 is 0. The van der Waals surface area contributed by atoms with E-state index >= 15 is 0 Å². The van der Waals surface area contributed by atoms with Gasteiger partial charge >= 0.3 is 0 Å². The van der Waals surface area contributed by atoms with Gasteiger partial charge in [0.2, 0.25) is 10.0 Å². The van der Waals surface area contributed by atoms with Crippen LogP contribution in [0.3, 0.4) is 0 Å². The van der Waals surface area contributed by atoms with E-state index in [0.29, 0.717) is 29.1 Å². The molecule has 106 valence electrons. The maximum Gasteiger partial charge on any atom is 0.242 e. The van der Waals surface area contributed by atoms with Gasteiger partial charge in [-0.25, -0.2) is 13.1 Å². The fourth-order valence-electron chi connectivity index (χ4n) is 2.65. The van der Waals surface area contributed by atoms with Gasteiger partial charge in [-0.3, -0.25) is 0 Å². The Morgan fingerprint density at radius 3 is 2.63 bits per heavy atom. The monoisotopic (exact) mass is 282 g/mol. The van der Waals surface area contributed by atoms with Crippen LogP contribution in [-0.4, -0.2) is 21.0 Å². The van der Waals surface area contributed by atoms with Gasteiger partial charge < -0.3 is 5.32 Å². The third-order valence-electron chi connectivity index (χ3n) is 3.71. The second-order valence-electron chi connectivity index (χ2n) is 5.16. The predicted octanol–water partition coefficient (Wildman–Crippen LogP) is 2.59. The van der Waals surface area contributed by atoms with Crippen molar-refractivity contribution in [1.29, 1.82) is 0 Å². The van der Waals surface area contributed by atoms with E-state index in [2.05, 4.69) is 17.0 Å². The van der Waals surface area contributed by atoms with Gasteiger partial charge in [-0.05, 0) is 30.9 Å². The number of benzene rings is 1. The molecule has 19 heavy (non-hydrogen) atoms. The molecule has 2 atom stereocenters. The fraction of sp³-hybridized carbons (Fsp3) is 0.571. The molecule has 1 aromatic rings. The zero-order valence-corrected chi connectivity index (χ0v) is 12.3. The van der Waals surface area contributed by atoms with Crippen LogP contribution >= 0.6 is 0 Å². The molecule has 0 saturated heterocycles. The van der Waals surface area contributed by atoms with Crippen molar-refractivity contribution >= 4 is 15.7 Å². The molecule has 4 nitrogen and oxygen atoms in total. The van der Waals surface area contributed by atoms with Gasteiger partial charge in [0, 0.05) is 12.6 Å². The van der Waals surface area contributed by atoms with Crippen molar-refractivity contribution < 1.29 is 8.42 Å². The smallest absolute Gasteiger partial charge is 0.242 e. The van der Waals surface area contributed by atoms with Gasteiger partial charge in [0.1, 0.15) is 4.90 Å². The largest absolute Gasteiger partial charge is 0.381 e. The number of para-hydroxylation sites is 1. The van der Waals surface area contributed by atoms with Crippen molar-refractivity contribution in [3.05, 3.63) is 24.3 Å². The zero-order valence-electron chi connectivity index (χ0n) is 11.5. The summed E-state index contributed by atoms with van der Waals surface area (Å²) in [7, 11) is -3.41. The normalized spacial score (nSPS) is 23.5. The lowest BCUT2D eigenvalue weighted by Gasteiger charge is -2.20. The Morgan fingerprint density at radius 2 is 2.00 bits per heavy atom. The van der Waals surface area contributed by atoms with E-state index in [1.54, 1.807) is 19.1 Å². The molecule has 1 aliphatic rings. The van der Waals surface area contributed by atoms with Gasteiger partial charge in [0.25, 0.3) is 0 Å². The van der Waals surface area contributed by atoms with Crippen LogP contribution in [0.1, 0.15) is 33.1 Å². The first kappa shape index (κ1) is 14.3. The van der Waals surface area contributed by atoms with Crippen LogP contribution in [0.4, 0.5) is 5.69 Å². The highest BCUT2D eigenvalue weighted by atomic mass is 32.2. The third-order valence-corrected chi connectivity index (χ3v) is 5.32. The van der Waals surface area contributed by atoms with E-state index in [9.17, 15) is 8.42 Å². The number of anilines is 1. The number of hydrogen-bond donors (Lipinski definition) is 2. The highest BCUT2D eigenvalue weighted by Crippen LogP contribution is 2.30. The number of sulfonamides is 1. The molecule has 2 unspecified atom stereocenters. The Kier molecular flexibility index (Phi) is 4.47. The van der Waals surface area contributed by atoms with Crippen LogP contribution in [0.2, 0.25) is 0 Å². The van der Waals surface area contributed by atoms with E-state index < -0.39 is 10.0 Å². The van der Waals surface area contributed by atoms with Crippen molar-refractivity contribution in [3.8, 4) is 0 Å². The Morgan fingerprint density at radius 1 is 1.26 bits per heavy atom. The molecule has 1 aliphatic carbocycles. The summed E-state index contributed by atoms with van der Waals surface area (Å²) in [5, 5.41) is 3.40. The number of nitrogens with one attached hydrogen (secondary N) is 2. The first-order valence-electron chi connectivity index (χ1n) is 6.90. The maximum atomic E-state index is 12.2. The lowest BCUT2D eigenvalue weighted by Crippen LogP contribution is -2.27. The van der Waals surface area contributed by atoms with Gasteiger partial charge in [0.05, 0.1) is 5.69 Å². The minimum atomic E-state index is -3.41. The van der Waals surface area contributed by atoms with E-state index in [-0.39, 0.29) is 0 Å². The Bertz CT molecular complexity index is 528. The van der Waals surface area contributed by atoms with Crippen molar-refractivity contribution in [2.75, 3.05) is 11.9 Å². The van der Waals surface area contributed by atoms with Gasteiger partial charge in [-0.1, -0.05) is 32.4 Å². The Labute approximate surface area is 115 Å². The quantitative estimate of drug-likeness (QED) is 0.872. The second-order valence-corrected chi connectivity index (χ2v) is 6.89. The summed E-state index contributed by atoms with van der Waals surface area (Å²) in [6.45, 7) is 4.40. The summed E-state index contributed by atoms with van der Waals surface area (Å²) in [5.41, 5.74) is 0.710. The van der Waals surface area contributed by atoms with Gasteiger partial charge in [-0.15, -0.1) is 0 Å². The molecule has 1 saturated carbocycles. The molecule has 1 fully saturated rings. The molecule has 2 N–H and O–H groups in total. The SMILES string of the molecule is CCNS(=O)(=O)c1ccccc1NC1CCCC1C. The lowest BCUT2D eigenvalue weighted by molar-refractivity contribution is 0.554. The highest BCUT2D eigenvalue weighted by Gasteiger charge is 2.25. The van der Waals surface area contributed by atoms with Crippen molar-refractivity contribution in [2.24, 2.45) is 5.92 Å². The molecule has 0 radical (unpaired) electrons. The molecular formula is C14H22N2O2S. The average molecular weight is 282 g/mol. The van der Waals surface area contributed by atoms with E-state index in [1.165, 1.54) is 12.8 Å². The molecule has 2 rings (SSSR count). The Hall–Kier alpha value is -1.07. The minimum absolute atomic E-state index is 0.343. The molecule has 0 amide bonds. The molecule has 0 spiro atoms. The summed E-state index contributed by atoms with van der Waals surface area (Å²) in [5.74, 6) is 0.592. The Balaban J connectivity index is 2.26. The van der Waals surface area contributed by atoms with E-state index in [1.807, 2.05) is 12.1 Å². The number of rotatable bonds is 5. The zero-order chi connectivity index (χ0) is 13.9. The molecule has 1 aromatic carbocycles. The van der Waals surface area contributed by atoms with E-state index in [0.717, 1.165) is 6.42 Å². The first-order chi connectivity index (χ1) is 9.04. The standard InChI is InChI=1S/C14H22N2O2S/c1-3-15-19(17,18)14-10-5-4-8-13(14)16-12-9-6-7-11(12)2/h4-5,8,10-12,15-16H,3,6-7,9H2,1-2H3. The second kappa shape index (κ2) is 5.92. The van der Waals surface area contributed by atoms with Gasteiger partial charge in [0.15, 0.2) is 0 Å². The summed E-state index contributed by atoms with van der Waals surface area (Å²) in [4.78, 5) is 0.343. The van der Waals surface area contributed by atoms with E-state index in [4.69, 9.17) is 0 Å². The van der Waals surface area contributed by atoms with Crippen molar-refractivity contribution in [2.45, 2.75) is 44.0 Å². The van der Waals surface area contributed by atoms with Crippen molar-refractivity contribution in [1.82, 2.24) is 4.72 Å². The fourth-order valence-corrected chi connectivity index (χ4v) is 3.86. The molecule has 0 aliphatic heterocycles. The van der Waals surface area contributed by atoms with Crippen molar-refractivity contribution in [3.63, 3.8) is 0 Å². The van der Waals surface area contributed by atoms with Gasteiger partial charge in [-0.2, -0.15) is 0 Å². The molecule has 0 bridgehead atoms. The molecule has 5 heteroatoms. The molecule has 0 aromatic heterocycles. The highest BCUT2D eigenvalue weighted by molar-refractivity contribution is 7.89. The first-order valence-corrected chi connectivity index (χ1v) is 8.38. The van der Waals surface area contributed by atoms with Crippen LogP contribution in [0.5, 0.6) is 0 Å². The molecule has 0 heterocycles.